The van der Waals surface area contributed by atoms with Gasteiger partial charge in [-0.3, -0.25) is 9.59 Å². The van der Waals surface area contributed by atoms with Crippen molar-refractivity contribution in [2.45, 2.75) is 37.8 Å². The van der Waals surface area contributed by atoms with E-state index in [4.69, 9.17) is 0 Å². The van der Waals surface area contributed by atoms with Crippen LogP contribution in [0.15, 0.2) is 0 Å². The second-order valence-corrected chi connectivity index (χ2v) is 6.62. The quantitative estimate of drug-likeness (QED) is 0.636. The summed E-state index contributed by atoms with van der Waals surface area (Å²) in [6, 6.07) is 0.266. The second-order valence-electron chi connectivity index (χ2n) is 4.16. The van der Waals surface area contributed by atoms with Gasteiger partial charge in [0, 0.05) is 12.1 Å². The van der Waals surface area contributed by atoms with Crippen LogP contribution in [0.5, 0.6) is 0 Å². The van der Waals surface area contributed by atoms with Gasteiger partial charge in [0.1, 0.15) is 0 Å². The molecule has 0 aromatic heterocycles. The zero-order valence-electron chi connectivity index (χ0n) is 9.03. The van der Waals surface area contributed by atoms with Crippen LogP contribution in [0, 0.1) is 0 Å². The van der Waals surface area contributed by atoms with Crippen molar-refractivity contribution in [3.05, 3.63) is 0 Å². The van der Waals surface area contributed by atoms with Crippen LogP contribution in [0.1, 0.15) is 25.7 Å². The first-order valence-corrected chi connectivity index (χ1v) is 8.07. The Bertz CT molecular complexity index is 258. The molecule has 90 valence electrons. The fraction of sp³-hybridized carbons (Fsp3) is 0.800. The highest BCUT2D eigenvalue weighted by atomic mass is 33.1. The summed E-state index contributed by atoms with van der Waals surface area (Å²) in [6.07, 6.45) is 4.24. The first kappa shape index (κ1) is 12.1. The second kappa shape index (κ2) is 5.82. The minimum atomic E-state index is 0.0885. The van der Waals surface area contributed by atoms with Crippen molar-refractivity contribution in [3.8, 4) is 0 Å². The minimum absolute atomic E-state index is 0.0885. The van der Waals surface area contributed by atoms with E-state index < -0.39 is 0 Å². The van der Waals surface area contributed by atoms with Crippen molar-refractivity contribution in [1.29, 1.82) is 0 Å². The van der Waals surface area contributed by atoms with Gasteiger partial charge in [0.15, 0.2) is 0 Å². The molecule has 2 amide bonds. The van der Waals surface area contributed by atoms with E-state index in [9.17, 15) is 9.59 Å². The molecule has 2 aliphatic rings. The molecule has 16 heavy (non-hydrogen) atoms. The monoisotopic (exact) mass is 260 g/mol. The Morgan fingerprint density at radius 1 is 0.875 bits per heavy atom. The molecule has 2 fully saturated rings. The van der Waals surface area contributed by atoms with Gasteiger partial charge in [0.05, 0.1) is 11.5 Å². The van der Waals surface area contributed by atoms with Crippen LogP contribution >= 0.6 is 21.6 Å². The van der Waals surface area contributed by atoms with Gasteiger partial charge in [0.2, 0.25) is 11.8 Å². The fourth-order valence-corrected chi connectivity index (χ4v) is 3.85. The van der Waals surface area contributed by atoms with E-state index in [0.717, 1.165) is 25.7 Å². The largest absolute Gasteiger partial charge is 0.351 e. The van der Waals surface area contributed by atoms with Crippen LogP contribution in [0.4, 0.5) is 0 Å². The SMILES string of the molecule is O=C1CSSCC(=O)N[C@H]2CCCC[C@@H]2N1. The highest BCUT2D eigenvalue weighted by Gasteiger charge is 2.28. The molecule has 0 spiro atoms. The topological polar surface area (TPSA) is 58.2 Å². The predicted octanol–water partition coefficient (Wildman–Crippen LogP) is 0.925. The number of hydrogen-bond acceptors (Lipinski definition) is 4. The van der Waals surface area contributed by atoms with E-state index in [1.807, 2.05) is 0 Å². The average molecular weight is 260 g/mol. The van der Waals surface area contributed by atoms with E-state index in [1.165, 1.54) is 21.6 Å². The average Bonchev–Trinajstić information content (AvgIpc) is 2.27. The lowest BCUT2D eigenvalue weighted by Gasteiger charge is -2.33. The van der Waals surface area contributed by atoms with Crippen LogP contribution in [0.25, 0.3) is 0 Å². The third-order valence-corrected chi connectivity index (χ3v) is 5.06. The van der Waals surface area contributed by atoms with Crippen LogP contribution < -0.4 is 10.6 Å². The van der Waals surface area contributed by atoms with Gasteiger partial charge in [-0.25, -0.2) is 0 Å². The number of hydrogen-bond donors (Lipinski definition) is 2. The molecule has 2 rings (SSSR count). The molecular formula is C10H16N2O2S2. The summed E-state index contributed by atoms with van der Waals surface area (Å²) in [5, 5.41) is 6.04. The standard InChI is InChI=1S/C10H16N2O2S2/c13-9-5-15-16-6-10(14)12-8-4-2-1-3-7(8)11-9/h7-8H,1-6H2,(H,11,13)(H,12,14)/t7-,8-/m0/s1. The molecule has 2 N–H and O–H groups in total. The molecule has 0 unspecified atom stereocenters. The smallest absolute Gasteiger partial charge is 0.231 e. The predicted molar refractivity (Wildman–Crippen MR) is 67.2 cm³/mol. The fourth-order valence-electron chi connectivity index (χ4n) is 2.16. The van der Waals surface area contributed by atoms with Gasteiger partial charge >= 0.3 is 0 Å². The number of carbonyl (C=O) groups is 2. The van der Waals surface area contributed by atoms with E-state index in [0.29, 0.717) is 11.5 Å². The van der Waals surface area contributed by atoms with Crippen molar-refractivity contribution in [2.75, 3.05) is 11.5 Å². The third kappa shape index (κ3) is 3.31. The third-order valence-electron chi connectivity index (χ3n) is 2.92. The molecular weight excluding hydrogens is 244 g/mol. The molecule has 6 heteroatoms. The summed E-state index contributed by atoms with van der Waals surface area (Å²) in [5.74, 6) is 1.07. The van der Waals surface area contributed by atoms with Crippen molar-refractivity contribution in [1.82, 2.24) is 10.6 Å². The van der Waals surface area contributed by atoms with Crippen LogP contribution in [-0.2, 0) is 9.59 Å². The number of amides is 2. The number of fused-ring (bicyclic) bond motifs is 1. The summed E-state index contributed by atoms with van der Waals surface area (Å²) in [6.45, 7) is 0. The summed E-state index contributed by atoms with van der Waals surface area (Å²) in [7, 11) is 2.89. The van der Waals surface area contributed by atoms with Crippen molar-refractivity contribution in [2.24, 2.45) is 0 Å². The van der Waals surface area contributed by atoms with E-state index in [-0.39, 0.29) is 23.9 Å². The molecule has 0 bridgehead atoms. The van der Waals surface area contributed by atoms with E-state index >= 15 is 0 Å². The van der Waals surface area contributed by atoms with Gasteiger partial charge in [-0.15, -0.1) is 0 Å². The lowest BCUT2D eigenvalue weighted by Crippen LogP contribution is -2.54. The van der Waals surface area contributed by atoms with Gasteiger partial charge in [-0.2, -0.15) is 0 Å². The molecule has 1 saturated carbocycles. The van der Waals surface area contributed by atoms with Crippen LogP contribution in [-0.4, -0.2) is 35.4 Å². The molecule has 1 saturated heterocycles. The molecule has 2 atom stereocenters. The zero-order valence-corrected chi connectivity index (χ0v) is 10.7. The van der Waals surface area contributed by atoms with Gasteiger partial charge < -0.3 is 10.6 Å². The number of nitrogens with one attached hydrogen (secondary N) is 2. The van der Waals surface area contributed by atoms with Crippen LogP contribution in [0.3, 0.4) is 0 Å². The maximum absolute atomic E-state index is 11.6. The Hall–Kier alpha value is -0.360. The highest BCUT2D eigenvalue weighted by Crippen LogP contribution is 2.24. The maximum Gasteiger partial charge on any atom is 0.231 e. The Morgan fingerprint density at radius 2 is 1.31 bits per heavy atom. The van der Waals surface area contributed by atoms with Gasteiger partial charge in [-0.1, -0.05) is 34.4 Å². The molecule has 4 nitrogen and oxygen atoms in total. The van der Waals surface area contributed by atoms with Crippen molar-refractivity contribution >= 4 is 33.4 Å². The van der Waals surface area contributed by atoms with Gasteiger partial charge in [-0.05, 0) is 12.8 Å². The lowest BCUT2D eigenvalue weighted by atomic mass is 9.90. The Kier molecular flexibility index (Phi) is 4.40. The lowest BCUT2D eigenvalue weighted by molar-refractivity contribution is -0.122. The Morgan fingerprint density at radius 3 is 1.75 bits per heavy atom. The Balaban J connectivity index is 2.01. The zero-order chi connectivity index (χ0) is 11.4. The van der Waals surface area contributed by atoms with E-state index in [1.54, 1.807) is 0 Å². The minimum Gasteiger partial charge on any atom is -0.351 e. The first-order valence-electron chi connectivity index (χ1n) is 5.59. The number of carbonyl (C=O) groups excluding carboxylic acids is 2. The normalized spacial score (nSPS) is 32.2. The molecule has 1 aliphatic heterocycles. The summed E-state index contributed by atoms with van der Waals surface area (Å²) in [4.78, 5) is 23.2. The van der Waals surface area contributed by atoms with E-state index in [2.05, 4.69) is 10.6 Å². The van der Waals surface area contributed by atoms with Crippen molar-refractivity contribution < 1.29 is 9.59 Å². The summed E-state index contributed by atoms with van der Waals surface area (Å²) < 4.78 is 0. The highest BCUT2D eigenvalue weighted by molar-refractivity contribution is 8.77. The molecule has 0 aromatic carbocycles. The molecule has 1 heterocycles. The summed E-state index contributed by atoms with van der Waals surface area (Å²) >= 11 is 0. The maximum atomic E-state index is 11.6. The molecule has 0 aromatic rings. The first-order chi connectivity index (χ1) is 7.75. The Labute approximate surface area is 103 Å². The molecule has 1 aliphatic carbocycles. The number of rotatable bonds is 0. The van der Waals surface area contributed by atoms with Gasteiger partial charge in [0.25, 0.3) is 0 Å². The molecule has 0 radical (unpaired) electrons. The summed E-state index contributed by atoms with van der Waals surface area (Å²) in [5.41, 5.74) is 0. The van der Waals surface area contributed by atoms with Crippen molar-refractivity contribution in [3.63, 3.8) is 0 Å². The van der Waals surface area contributed by atoms with Crippen LogP contribution in [0.2, 0.25) is 0 Å².